The highest BCUT2D eigenvalue weighted by Gasteiger charge is 2.25. The lowest BCUT2D eigenvalue weighted by molar-refractivity contribution is -0.115. The van der Waals surface area contributed by atoms with E-state index in [0.29, 0.717) is 0 Å². The third kappa shape index (κ3) is 3.70. The first kappa shape index (κ1) is 15.3. The Labute approximate surface area is 135 Å². The molecule has 0 spiro atoms. The molecule has 2 nitrogen and oxygen atoms in total. The van der Waals surface area contributed by atoms with Gasteiger partial charge in [-0.3, -0.25) is 4.79 Å². The third-order valence-corrected chi connectivity index (χ3v) is 5.74. The van der Waals surface area contributed by atoms with E-state index < -0.39 is 0 Å². The number of nitrogens with one attached hydrogen (secondary N) is 1. The second-order valence-corrected chi connectivity index (χ2v) is 6.49. The van der Waals surface area contributed by atoms with Gasteiger partial charge in [0.25, 0.3) is 0 Å². The zero-order chi connectivity index (χ0) is 14.5. The molecule has 2 atom stereocenters. The van der Waals surface area contributed by atoms with Crippen LogP contribution in [0.5, 0.6) is 0 Å². The highest BCUT2D eigenvalue weighted by molar-refractivity contribution is 9.12. The van der Waals surface area contributed by atoms with Crippen LogP contribution in [0.15, 0.2) is 54.6 Å². The SMILES string of the molecule is Cc1ccccc1NC(=O)C(Br)C(Br)c1ccccc1. The monoisotopic (exact) mass is 395 g/mol. The van der Waals surface area contributed by atoms with Gasteiger partial charge in [-0.05, 0) is 24.1 Å². The van der Waals surface area contributed by atoms with Crippen molar-refractivity contribution in [2.45, 2.75) is 16.6 Å². The molecular weight excluding hydrogens is 382 g/mol. The van der Waals surface area contributed by atoms with Gasteiger partial charge >= 0.3 is 0 Å². The molecule has 0 aliphatic heterocycles. The number of alkyl halides is 2. The minimum Gasteiger partial charge on any atom is -0.325 e. The van der Waals surface area contributed by atoms with E-state index in [9.17, 15) is 4.79 Å². The van der Waals surface area contributed by atoms with Crippen LogP contribution in [-0.4, -0.2) is 10.7 Å². The molecule has 2 unspecified atom stereocenters. The lowest BCUT2D eigenvalue weighted by Crippen LogP contribution is -2.26. The maximum atomic E-state index is 12.3. The minimum absolute atomic E-state index is 0.0648. The normalized spacial score (nSPS) is 13.6. The summed E-state index contributed by atoms with van der Waals surface area (Å²) in [5, 5.41) is 2.94. The van der Waals surface area contributed by atoms with Gasteiger partial charge in [0.2, 0.25) is 5.91 Å². The van der Waals surface area contributed by atoms with Crippen molar-refractivity contribution >= 4 is 43.5 Å². The third-order valence-electron chi connectivity index (χ3n) is 3.03. The second-order valence-electron chi connectivity index (χ2n) is 4.52. The molecule has 0 aliphatic carbocycles. The predicted octanol–water partition coefficient (Wildman–Crippen LogP) is 4.83. The first-order valence-electron chi connectivity index (χ1n) is 6.29. The molecule has 0 saturated heterocycles. The molecule has 1 N–H and O–H groups in total. The number of carbonyl (C=O) groups excluding carboxylic acids is 1. The number of rotatable bonds is 4. The summed E-state index contributed by atoms with van der Waals surface area (Å²) in [6.07, 6.45) is 0. The quantitative estimate of drug-likeness (QED) is 0.736. The molecule has 0 radical (unpaired) electrons. The largest absolute Gasteiger partial charge is 0.325 e. The summed E-state index contributed by atoms with van der Waals surface area (Å²) in [5.41, 5.74) is 2.95. The molecule has 4 heteroatoms. The number of para-hydroxylation sites is 1. The lowest BCUT2D eigenvalue weighted by atomic mass is 10.1. The maximum absolute atomic E-state index is 12.3. The summed E-state index contributed by atoms with van der Waals surface area (Å²) >= 11 is 7.04. The molecule has 1 amide bonds. The Morgan fingerprint density at radius 3 is 2.25 bits per heavy atom. The van der Waals surface area contributed by atoms with Gasteiger partial charge in [0.1, 0.15) is 4.83 Å². The van der Waals surface area contributed by atoms with E-state index in [-0.39, 0.29) is 15.6 Å². The Balaban J connectivity index is 2.08. The first-order valence-corrected chi connectivity index (χ1v) is 8.12. The maximum Gasteiger partial charge on any atom is 0.239 e. The Morgan fingerprint density at radius 1 is 1.00 bits per heavy atom. The van der Waals surface area contributed by atoms with Crippen molar-refractivity contribution in [3.63, 3.8) is 0 Å². The molecule has 2 aromatic carbocycles. The van der Waals surface area contributed by atoms with Crippen LogP contribution in [0.1, 0.15) is 16.0 Å². The van der Waals surface area contributed by atoms with E-state index in [1.54, 1.807) is 0 Å². The molecule has 0 aliphatic rings. The Morgan fingerprint density at radius 2 is 1.60 bits per heavy atom. The number of halogens is 2. The van der Waals surface area contributed by atoms with Gasteiger partial charge in [-0.2, -0.15) is 0 Å². The topological polar surface area (TPSA) is 29.1 Å². The van der Waals surface area contributed by atoms with Crippen molar-refractivity contribution in [1.82, 2.24) is 0 Å². The van der Waals surface area contributed by atoms with Crippen molar-refractivity contribution in [2.75, 3.05) is 5.32 Å². The Kier molecular flexibility index (Phi) is 5.38. The number of hydrogen-bond acceptors (Lipinski definition) is 1. The fourth-order valence-corrected chi connectivity index (χ4v) is 2.82. The van der Waals surface area contributed by atoms with E-state index in [2.05, 4.69) is 37.2 Å². The first-order chi connectivity index (χ1) is 9.59. The lowest BCUT2D eigenvalue weighted by Gasteiger charge is -2.17. The van der Waals surface area contributed by atoms with Crippen LogP contribution in [0.25, 0.3) is 0 Å². The highest BCUT2D eigenvalue weighted by Crippen LogP contribution is 2.32. The molecule has 0 fully saturated rings. The van der Waals surface area contributed by atoms with Crippen LogP contribution in [0.2, 0.25) is 0 Å². The van der Waals surface area contributed by atoms with Crippen LogP contribution in [0.4, 0.5) is 5.69 Å². The Hall–Kier alpha value is -1.13. The van der Waals surface area contributed by atoms with Crippen LogP contribution in [0.3, 0.4) is 0 Å². The molecule has 20 heavy (non-hydrogen) atoms. The van der Waals surface area contributed by atoms with E-state index in [4.69, 9.17) is 0 Å². The Bertz CT molecular complexity index is 586. The van der Waals surface area contributed by atoms with Gasteiger partial charge < -0.3 is 5.32 Å². The van der Waals surface area contributed by atoms with Gasteiger partial charge in [-0.25, -0.2) is 0 Å². The fraction of sp³-hybridized carbons (Fsp3) is 0.188. The summed E-state index contributed by atoms with van der Waals surface area (Å²) in [6, 6.07) is 17.6. The standard InChI is InChI=1S/C16H15Br2NO/c1-11-7-5-6-10-13(11)19-16(20)15(18)14(17)12-8-3-2-4-9-12/h2-10,14-15H,1H3,(H,19,20). The summed E-state index contributed by atoms with van der Waals surface area (Å²) in [7, 11) is 0. The number of anilines is 1. The van der Waals surface area contributed by atoms with E-state index >= 15 is 0 Å². The molecular formula is C16H15Br2NO. The molecule has 2 rings (SSSR count). The van der Waals surface area contributed by atoms with Gasteiger partial charge in [0.15, 0.2) is 0 Å². The average Bonchev–Trinajstić information content (AvgIpc) is 2.49. The van der Waals surface area contributed by atoms with Crippen LogP contribution in [0, 0.1) is 6.92 Å². The van der Waals surface area contributed by atoms with Crippen LogP contribution >= 0.6 is 31.9 Å². The minimum atomic E-state index is -0.343. The van der Waals surface area contributed by atoms with E-state index in [0.717, 1.165) is 16.8 Å². The fourth-order valence-electron chi connectivity index (χ4n) is 1.85. The van der Waals surface area contributed by atoms with Crippen molar-refractivity contribution in [2.24, 2.45) is 0 Å². The number of benzene rings is 2. The van der Waals surface area contributed by atoms with Crippen molar-refractivity contribution < 1.29 is 4.79 Å². The number of amides is 1. The molecule has 0 heterocycles. The summed E-state index contributed by atoms with van der Waals surface area (Å²) in [4.78, 5) is 11.9. The molecule has 0 aromatic heterocycles. The van der Waals surface area contributed by atoms with E-state index in [1.165, 1.54) is 0 Å². The van der Waals surface area contributed by atoms with Gasteiger partial charge in [0, 0.05) is 5.69 Å². The summed E-state index contributed by atoms with van der Waals surface area (Å²) < 4.78 is 0. The predicted molar refractivity (Wildman–Crippen MR) is 90.6 cm³/mol. The van der Waals surface area contributed by atoms with Crippen molar-refractivity contribution in [1.29, 1.82) is 0 Å². The van der Waals surface area contributed by atoms with Gasteiger partial charge in [0.05, 0.1) is 4.83 Å². The molecule has 0 saturated carbocycles. The zero-order valence-corrected chi connectivity index (χ0v) is 14.2. The number of aryl methyl sites for hydroxylation is 1. The zero-order valence-electron chi connectivity index (χ0n) is 11.0. The van der Waals surface area contributed by atoms with Gasteiger partial charge in [-0.15, -0.1) is 0 Å². The van der Waals surface area contributed by atoms with Crippen molar-refractivity contribution in [3.05, 3.63) is 65.7 Å². The van der Waals surface area contributed by atoms with Crippen molar-refractivity contribution in [3.8, 4) is 0 Å². The summed E-state index contributed by atoms with van der Waals surface area (Å²) in [5.74, 6) is -0.0648. The van der Waals surface area contributed by atoms with Crippen LogP contribution in [-0.2, 0) is 4.79 Å². The molecule has 104 valence electrons. The summed E-state index contributed by atoms with van der Waals surface area (Å²) in [6.45, 7) is 1.97. The highest BCUT2D eigenvalue weighted by atomic mass is 79.9. The molecule has 2 aromatic rings. The second kappa shape index (κ2) is 7.04. The number of carbonyl (C=O) groups is 1. The van der Waals surface area contributed by atoms with Crippen LogP contribution < -0.4 is 5.32 Å². The van der Waals surface area contributed by atoms with Gasteiger partial charge in [-0.1, -0.05) is 80.4 Å². The number of hydrogen-bond donors (Lipinski definition) is 1. The van der Waals surface area contributed by atoms with E-state index in [1.807, 2.05) is 61.5 Å². The average molecular weight is 397 g/mol. The smallest absolute Gasteiger partial charge is 0.239 e. The molecule has 0 bridgehead atoms.